The quantitative estimate of drug-likeness (QED) is 0.849. The van der Waals surface area contributed by atoms with Crippen LogP contribution in [0.15, 0.2) is 30.5 Å². The van der Waals surface area contributed by atoms with Crippen LogP contribution in [0.2, 0.25) is 0 Å². The predicted octanol–water partition coefficient (Wildman–Crippen LogP) is 3.48. The molecule has 23 heavy (non-hydrogen) atoms. The van der Waals surface area contributed by atoms with Gasteiger partial charge in [0.25, 0.3) is 5.91 Å². The standard InChI is InChI=1S/C17H21FN2O2S/c1-11(21)8-17(2,3)10-20-15(22)14-9-19-16(23-14)12-6-4-5-7-13(12)18/h4-7,9,11,21H,8,10H2,1-3H3,(H,20,22). The van der Waals surface area contributed by atoms with Crippen molar-refractivity contribution in [3.63, 3.8) is 0 Å². The first-order valence-corrected chi connectivity index (χ1v) is 8.27. The number of aliphatic hydroxyl groups is 1. The fraction of sp³-hybridized carbons (Fsp3) is 0.412. The Kier molecular flexibility index (Phi) is 5.49. The molecule has 4 nitrogen and oxygen atoms in total. The maximum Gasteiger partial charge on any atom is 0.263 e. The van der Waals surface area contributed by atoms with Crippen LogP contribution in [-0.2, 0) is 0 Å². The Labute approximate surface area is 139 Å². The minimum atomic E-state index is -0.419. The van der Waals surface area contributed by atoms with Gasteiger partial charge in [-0.25, -0.2) is 9.37 Å². The van der Waals surface area contributed by atoms with Crippen molar-refractivity contribution in [3.05, 3.63) is 41.2 Å². The van der Waals surface area contributed by atoms with E-state index < -0.39 is 6.10 Å². The summed E-state index contributed by atoms with van der Waals surface area (Å²) in [7, 11) is 0. The van der Waals surface area contributed by atoms with Crippen molar-refractivity contribution < 1.29 is 14.3 Å². The maximum absolute atomic E-state index is 13.8. The van der Waals surface area contributed by atoms with E-state index in [4.69, 9.17) is 0 Å². The number of halogens is 1. The lowest BCUT2D eigenvalue weighted by molar-refractivity contribution is 0.0905. The Hall–Kier alpha value is -1.79. The summed E-state index contributed by atoms with van der Waals surface area (Å²) in [4.78, 5) is 16.8. The minimum absolute atomic E-state index is 0.205. The molecule has 1 heterocycles. The van der Waals surface area contributed by atoms with Crippen molar-refractivity contribution in [3.8, 4) is 10.6 Å². The summed E-state index contributed by atoms with van der Waals surface area (Å²) in [5.41, 5.74) is 0.189. The molecule has 1 atom stereocenters. The van der Waals surface area contributed by atoms with Crippen molar-refractivity contribution in [2.45, 2.75) is 33.3 Å². The minimum Gasteiger partial charge on any atom is -0.393 e. The van der Waals surface area contributed by atoms with E-state index in [0.29, 0.717) is 28.4 Å². The molecule has 0 radical (unpaired) electrons. The van der Waals surface area contributed by atoms with Gasteiger partial charge in [0.15, 0.2) is 0 Å². The zero-order valence-electron chi connectivity index (χ0n) is 13.5. The number of benzene rings is 1. The largest absolute Gasteiger partial charge is 0.393 e. The van der Waals surface area contributed by atoms with Crippen LogP contribution in [0.1, 0.15) is 36.9 Å². The van der Waals surface area contributed by atoms with E-state index in [1.165, 1.54) is 12.3 Å². The van der Waals surface area contributed by atoms with Gasteiger partial charge in [-0.1, -0.05) is 26.0 Å². The van der Waals surface area contributed by atoms with E-state index in [2.05, 4.69) is 10.3 Å². The lowest BCUT2D eigenvalue weighted by atomic mass is 9.87. The third-order valence-corrected chi connectivity index (χ3v) is 4.44. The molecule has 2 aromatic rings. The maximum atomic E-state index is 13.8. The fourth-order valence-electron chi connectivity index (χ4n) is 2.42. The molecule has 0 bridgehead atoms. The summed E-state index contributed by atoms with van der Waals surface area (Å²) in [6, 6.07) is 6.36. The lowest BCUT2D eigenvalue weighted by Crippen LogP contribution is -2.35. The van der Waals surface area contributed by atoms with E-state index in [1.807, 2.05) is 13.8 Å². The van der Waals surface area contributed by atoms with Crippen LogP contribution < -0.4 is 5.32 Å². The van der Waals surface area contributed by atoms with Crippen LogP contribution in [0.5, 0.6) is 0 Å². The zero-order valence-corrected chi connectivity index (χ0v) is 14.3. The van der Waals surface area contributed by atoms with Crippen LogP contribution in [-0.4, -0.2) is 28.6 Å². The van der Waals surface area contributed by atoms with Crippen LogP contribution in [0, 0.1) is 11.2 Å². The second kappa shape index (κ2) is 7.19. The predicted molar refractivity (Wildman–Crippen MR) is 89.9 cm³/mol. The van der Waals surface area contributed by atoms with Crippen molar-refractivity contribution in [2.24, 2.45) is 5.41 Å². The molecule has 1 aromatic carbocycles. The van der Waals surface area contributed by atoms with Gasteiger partial charge in [-0.3, -0.25) is 4.79 Å². The summed E-state index contributed by atoms with van der Waals surface area (Å²) in [6.07, 6.45) is 1.64. The van der Waals surface area contributed by atoms with Gasteiger partial charge in [0.05, 0.1) is 12.3 Å². The summed E-state index contributed by atoms with van der Waals surface area (Å²) in [5.74, 6) is -0.587. The van der Waals surface area contributed by atoms with Crippen LogP contribution in [0.4, 0.5) is 4.39 Å². The van der Waals surface area contributed by atoms with E-state index in [9.17, 15) is 14.3 Å². The first-order chi connectivity index (χ1) is 10.8. The number of hydrogen-bond acceptors (Lipinski definition) is 4. The van der Waals surface area contributed by atoms with E-state index in [-0.39, 0.29) is 17.1 Å². The number of carbonyl (C=O) groups is 1. The highest BCUT2D eigenvalue weighted by Crippen LogP contribution is 2.27. The molecule has 1 unspecified atom stereocenters. The zero-order chi connectivity index (χ0) is 17.0. The number of amides is 1. The van der Waals surface area contributed by atoms with E-state index >= 15 is 0 Å². The Balaban J connectivity index is 2.03. The van der Waals surface area contributed by atoms with Crippen LogP contribution in [0.3, 0.4) is 0 Å². The summed E-state index contributed by atoms with van der Waals surface area (Å²) >= 11 is 1.16. The number of hydrogen-bond donors (Lipinski definition) is 2. The summed E-state index contributed by atoms with van der Waals surface area (Å²) in [5, 5.41) is 12.8. The first kappa shape index (κ1) is 17.6. The van der Waals surface area contributed by atoms with Crippen LogP contribution in [0.25, 0.3) is 10.6 Å². The van der Waals surface area contributed by atoms with Gasteiger partial charge in [0.2, 0.25) is 0 Å². The molecule has 0 saturated carbocycles. The molecule has 0 saturated heterocycles. The van der Waals surface area contributed by atoms with Gasteiger partial charge in [0.1, 0.15) is 15.7 Å². The molecule has 124 valence electrons. The average Bonchev–Trinajstić information content (AvgIpc) is 2.93. The highest BCUT2D eigenvalue weighted by Gasteiger charge is 2.22. The number of aromatic nitrogens is 1. The van der Waals surface area contributed by atoms with Gasteiger partial charge < -0.3 is 10.4 Å². The third-order valence-electron chi connectivity index (χ3n) is 3.41. The second-order valence-electron chi connectivity index (χ2n) is 6.41. The molecule has 0 aliphatic carbocycles. The van der Waals surface area contributed by atoms with Crippen molar-refractivity contribution in [1.82, 2.24) is 10.3 Å². The Morgan fingerprint density at radius 1 is 1.43 bits per heavy atom. The molecule has 1 aromatic heterocycles. The SMILES string of the molecule is CC(O)CC(C)(C)CNC(=O)c1cnc(-c2ccccc2F)s1. The molecular formula is C17H21FN2O2S. The summed E-state index contributed by atoms with van der Waals surface area (Å²) in [6.45, 7) is 6.14. The van der Waals surface area contributed by atoms with Crippen molar-refractivity contribution in [2.75, 3.05) is 6.54 Å². The Morgan fingerprint density at radius 3 is 2.78 bits per heavy atom. The van der Waals surface area contributed by atoms with E-state index in [0.717, 1.165) is 11.3 Å². The number of thiazole rings is 1. The third kappa shape index (κ3) is 4.84. The molecule has 1 amide bonds. The Morgan fingerprint density at radius 2 is 2.13 bits per heavy atom. The number of nitrogens with one attached hydrogen (secondary N) is 1. The van der Waals surface area contributed by atoms with Crippen LogP contribution >= 0.6 is 11.3 Å². The van der Waals surface area contributed by atoms with Crippen molar-refractivity contribution >= 4 is 17.2 Å². The molecule has 0 fully saturated rings. The molecule has 2 rings (SSSR count). The average molecular weight is 336 g/mol. The number of carbonyl (C=O) groups excluding carboxylic acids is 1. The molecular weight excluding hydrogens is 315 g/mol. The molecule has 0 aliphatic rings. The van der Waals surface area contributed by atoms with Gasteiger partial charge in [0, 0.05) is 12.1 Å². The molecule has 6 heteroatoms. The second-order valence-corrected chi connectivity index (χ2v) is 7.44. The molecule has 2 N–H and O–H groups in total. The summed E-state index contributed by atoms with van der Waals surface area (Å²) < 4.78 is 13.8. The highest BCUT2D eigenvalue weighted by atomic mass is 32.1. The van der Waals surface area contributed by atoms with Gasteiger partial charge in [-0.05, 0) is 30.9 Å². The van der Waals surface area contributed by atoms with E-state index in [1.54, 1.807) is 25.1 Å². The normalized spacial score (nSPS) is 12.9. The number of rotatable bonds is 6. The molecule has 0 spiro atoms. The topological polar surface area (TPSA) is 62.2 Å². The van der Waals surface area contributed by atoms with Gasteiger partial charge in [-0.2, -0.15) is 0 Å². The highest BCUT2D eigenvalue weighted by molar-refractivity contribution is 7.16. The number of nitrogens with zero attached hydrogens (tertiary/aromatic N) is 1. The lowest BCUT2D eigenvalue weighted by Gasteiger charge is -2.26. The van der Waals surface area contributed by atoms with Gasteiger partial charge >= 0.3 is 0 Å². The fourth-order valence-corrected chi connectivity index (χ4v) is 3.28. The smallest absolute Gasteiger partial charge is 0.263 e. The van der Waals surface area contributed by atoms with Crippen molar-refractivity contribution in [1.29, 1.82) is 0 Å². The number of aliphatic hydroxyl groups excluding tert-OH is 1. The van der Waals surface area contributed by atoms with Gasteiger partial charge in [-0.15, -0.1) is 11.3 Å². The first-order valence-electron chi connectivity index (χ1n) is 7.45. The monoisotopic (exact) mass is 336 g/mol. The molecule has 0 aliphatic heterocycles. The Bertz CT molecular complexity index is 683.